The van der Waals surface area contributed by atoms with Crippen LogP contribution in [0.15, 0.2) is 65.1 Å². The Kier molecular flexibility index (Phi) is 4.63. The molecule has 4 rings (SSSR count). The predicted octanol–water partition coefficient (Wildman–Crippen LogP) is 4.80. The van der Waals surface area contributed by atoms with Crippen molar-refractivity contribution in [3.8, 4) is 11.5 Å². The lowest BCUT2D eigenvalue weighted by molar-refractivity contribution is 0.600. The molecular weight excluding hydrogens is 334 g/mol. The largest absolute Gasteiger partial charge is 0.452 e. The summed E-state index contributed by atoms with van der Waals surface area (Å²) in [6, 6.07) is 20.5. The first-order valence-electron chi connectivity index (χ1n) is 9.43. The van der Waals surface area contributed by atoms with Crippen LogP contribution in [0.1, 0.15) is 19.4 Å². The van der Waals surface area contributed by atoms with Gasteiger partial charge in [0, 0.05) is 23.5 Å². The number of benzene rings is 3. The minimum atomic E-state index is 0.776. The van der Waals surface area contributed by atoms with E-state index >= 15 is 0 Å². The number of para-hydroxylation sites is 1. The number of aryl methyl sites for hydroxylation is 1. The summed E-state index contributed by atoms with van der Waals surface area (Å²) in [4.78, 5) is 4.76. The predicted molar refractivity (Wildman–Crippen MR) is 111 cm³/mol. The number of rotatable bonds is 4. The van der Waals surface area contributed by atoms with Crippen molar-refractivity contribution in [2.75, 3.05) is 18.4 Å². The average Bonchev–Trinajstić information content (AvgIpc) is 2.69. The van der Waals surface area contributed by atoms with Crippen LogP contribution >= 0.6 is 0 Å². The van der Waals surface area contributed by atoms with Gasteiger partial charge >= 0.3 is 0 Å². The van der Waals surface area contributed by atoms with E-state index in [0.29, 0.717) is 0 Å². The minimum absolute atomic E-state index is 0.776. The third-order valence-electron chi connectivity index (χ3n) is 4.92. The van der Waals surface area contributed by atoms with Crippen molar-refractivity contribution in [2.24, 2.45) is 0 Å². The third kappa shape index (κ3) is 3.43. The lowest BCUT2D eigenvalue weighted by Crippen LogP contribution is -2.29. The van der Waals surface area contributed by atoms with Gasteiger partial charge in [-0.2, -0.15) is 0 Å². The average molecular weight is 358 g/mol. The van der Waals surface area contributed by atoms with Crippen LogP contribution in [-0.4, -0.2) is 18.1 Å². The molecule has 4 nitrogen and oxygen atoms in total. The molecule has 0 saturated carbocycles. The third-order valence-corrected chi connectivity index (χ3v) is 4.92. The van der Waals surface area contributed by atoms with Crippen LogP contribution in [0.25, 0.3) is 22.6 Å². The summed E-state index contributed by atoms with van der Waals surface area (Å²) >= 11 is 0. The Labute approximate surface area is 159 Å². The summed E-state index contributed by atoms with van der Waals surface area (Å²) in [5.41, 5.74) is 5.79. The highest BCUT2D eigenvalue weighted by atomic mass is 16.3. The molecule has 4 heteroatoms. The quantitative estimate of drug-likeness (QED) is 0.421. The summed E-state index contributed by atoms with van der Waals surface area (Å²) in [7, 11) is 0. The molecule has 0 aromatic heterocycles. The van der Waals surface area contributed by atoms with E-state index in [1.54, 1.807) is 0 Å². The van der Waals surface area contributed by atoms with Crippen molar-refractivity contribution in [2.45, 2.75) is 20.8 Å². The van der Waals surface area contributed by atoms with E-state index in [-0.39, 0.29) is 0 Å². The Morgan fingerprint density at radius 2 is 1.78 bits per heavy atom. The molecule has 1 N–H and O–H groups in total. The Bertz CT molecular complexity index is 1140. The monoisotopic (exact) mass is 358 g/mol. The zero-order chi connectivity index (χ0) is 18.8. The van der Waals surface area contributed by atoms with Crippen molar-refractivity contribution in [3.63, 3.8) is 0 Å². The molecule has 2 aliphatic rings. The van der Waals surface area contributed by atoms with Crippen LogP contribution in [0.3, 0.4) is 0 Å². The Hall–Kier alpha value is -3.14. The van der Waals surface area contributed by atoms with E-state index in [9.17, 15) is 0 Å². The van der Waals surface area contributed by atoms with Gasteiger partial charge in [0.1, 0.15) is 24.3 Å². The van der Waals surface area contributed by atoms with Gasteiger partial charge in [-0.05, 0) is 50.6 Å². The van der Waals surface area contributed by atoms with E-state index in [0.717, 1.165) is 52.4 Å². The maximum atomic E-state index is 6.21. The first-order chi connectivity index (χ1) is 13.2. The molecule has 0 unspecified atom stereocenters. The highest BCUT2D eigenvalue weighted by Crippen LogP contribution is 2.27. The summed E-state index contributed by atoms with van der Waals surface area (Å²) in [5, 5.41) is 4.62. The van der Waals surface area contributed by atoms with Crippen LogP contribution in [0.2, 0.25) is 0 Å². The maximum absolute atomic E-state index is 6.21. The molecule has 1 aliphatic carbocycles. The summed E-state index contributed by atoms with van der Waals surface area (Å²) in [6.07, 6.45) is 0. The Morgan fingerprint density at radius 1 is 0.963 bits per heavy atom. The molecule has 27 heavy (non-hydrogen) atoms. The first kappa shape index (κ1) is 17.3. The van der Waals surface area contributed by atoms with Gasteiger partial charge in [0.05, 0.1) is 6.07 Å². The van der Waals surface area contributed by atoms with Crippen molar-refractivity contribution < 1.29 is 4.42 Å². The van der Waals surface area contributed by atoms with Gasteiger partial charge in [-0.3, -0.25) is 0 Å². The molecule has 0 fully saturated rings. The Balaban J connectivity index is 1.81. The topological polar surface area (TPSA) is 41.1 Å². The fourth-order valence-corrected chi connectivity index (χ4v) is 3.35. The minimum Gasteiger partial charge on any atom is -0.452 e. The van der Waals surface area contributed by atoms with E-state index < -0.39 is 0 Å². The van der Waals surface area contributed by atoms with Crippen LogP contribution in [-0.2, 0) is 0 Å². The molecule has 2 aromatic rings. The number of nitrogens with one attached hydrogen (secondary N) is 1. The number of aromatic nitrogens is 1. The van der Waals surface area contributed by atoms with Crippen LogP contribution in [0.5, 0.6) is 0 Å². The van der Waals surface area contributed by atoms with Gasteiger partial charge in [-0.15, -0.1) is 0 Å². The zero-order valence-corrected chi connectivity index (χ0v) is 16.0. The van der Waals surface area contributed by atoms with Gasteiger partial charge in [0.2, 0.25) is 5.36 Å². The summed E-state index contributed by atoms with van der Waals surface area (Å²) in [5.74, 6) is 0.806. The number of hydrogen-bond donors (Lipinski definition) is 1. The van der Waals surface area contributed by atoms with Crippen molar-refractivity contribution >= 4 is 22.5 Å². The smallest absolute Gasteiger partial charge is 0.203 e. The van der Waals surface area contributed by atoms with E-state index in [1.165, 1.54) is 5.56 Å². The summed E-state index contributed by atoms with van der Waals surface area (Å²) < 4.78 is 8.51. The fraction of sp³-hybridized carbons (Fsp3) is 0.217. The molecular formula is C23H24N3O+. The normalized spacial score (nSPS) is 11.1. The first-order valence-corrected chi connectivity index (χ1v) is 9.43. The molecule has 0 bridgehead atoms. The van der Waals surface area contributed by atoms with Crippen molar-refractivity contribution in [3.05, 3.63) is 71.6 Å². The molecule has 2 aromatic carbocycles. The second-order valence-corrected chi connectivity index (χ2v) is 6.66. The number of hydrogen-bond acceptors (Lipinski definition) is 3. The van der Waals surface area contributed by atoms with E-state index in [2.05, 4.69) is 54.9 Å². The van der Waals surface area contributed by atoms with Gasteiger partial charge in [0.25, 0.3) is 0 Å². The molecule has 0 saturated heterocycles. The number of anilines is 2. The molecule has 1 heterocycles. The number of fused-ring (bicyclic) bond motifs is 2. The van der Waals surface area contributed by atoms with Gasteiger partial charge < -0.3 is 9.73 Å². The highest BCUT2D eigenvalue weighted by molar-refractivity contribution is 5.81. The van der Waals surface area contributed by atoms with Crippen LogP contribution < -0.4 is 15.2 Å². The molecule has 136 valence electrons. The maximum Gasteiger partial charge on any atom is 0.203 e. The molecule has 1 aliphatic heterocycles. The lowest BCUT2D eigenvalue weighted by atomic mass is 10.2. The lowest BCUT2D eigenvalue weighted by Gasteiger charge is -2.11. The van der Waals surface area contributed by atoms with Crippen LogP contribution in [0.4, 0.5) is 11.4 Å². The molecule has 0 radical (unpaired) electrons. The second kappa shape index (κ2) is 7.23. The van der Waals surface area contributed by atoms with E-state index in [4.69, 9.17) is 9.40 Å². The zero-order valence-electron chi connectivity index (χ0n) is 16.0. The van der Waals surface area contributed by atoms with E-state index in [1.807, 2.05) is 36.4 Å². The summed E-state index contributed by atoms with van der Waals surface area (Å²) in [6.45, 7) is 8.35. The van der Waals surface area contributed by atoms with Gasteiger partial charge in [-0.1, -0.05) is 18.2 Å². The molecule has 0 atom stereocenters. The fourth-order valence-electron chi connectivity index (χ4n) is 3.35. The van der Waals surface area contributed by atoms with Gasteiger partial charge in [-0.25, -0.2) is 9.56 Å². The SMILES string of the molecule is CC[N+](CC)=c1ccc2nc3ccc(Nc4ccccc4C)cc3oc-2c1. The highest BCUT2D eigenvalue weighted by Gasteiger charge is 2.12. The Morgan fingerprint density at radius 3 is 2.56 bits per heavy atom. The molecule has 0 spiro atoms. The standard InChI is InChI=1S/C23H23N3O/c1-4-26(5-2)18-11-13-21-23(15-18)27-22-14-17(10-12-20(22)25-21)24-19-9-7-6-8-16(19)3/h6-15H,4-5H2,1-3H3/p+1. The van der Waals surface area contributed by atoms with Crippen molar-refractivity contribution in [1.29, 1.82) is 0 Å². The number of nitrogens with zero attached hydrogens (tertiary/aromatic N) is 2. The van der Waals surface area contributed by atoms with Gasteiger partial charge in [0.15, 0.2) is 11.3 Å². The van der Waals surface area contributed by atoms with Crippen LogP contribution in [0, 0.1) is 6.92 Å². The van der Waals surface area contributed by atoms with Crippen molar-refractivity contribution in [1.82, 2.24) is 9.56 Å². The second-order valence-electron chi connectivity index (χ2n) is 6.66. The molecule has 0 amide bonds.